The average Bonchev–Trinajstić information content (AvgIpc) is 2.85. The van der Waals surface area contributed by atoms with Crippen molar-refractivity contribution in [1.82, 2.24) is 10.2 Å². The Labute approximate surface area is 117 Å². The second-order valence-electron chi connectivity index (χ2n) is 4.93. The van der Waals surface area contributed by atoms with E-state index in [2.05, 4.69) is 10.2 Å². The number of hydrogen-bond acceptors (Lipinski definition) is 4. The molecule has 0 atom stereocenters. The Morgan fingerprint density at radius 1 is 1.40 bits per heavy atom. The molecule has 0 aliphatic carbocycles. The Hall–Kier alpha value is -2.02. The number of nitrogens with one attached hydrogen (secondary N) is 1. The molecule has 0 spiro atoms. The largest absolute Gasteiger partial charge is 0.399 e. The molecule has 2 heterocycles. The van der Waals surface area contributed by atoms with E-state index in [1.807, 2.05) is 6.07 Å². The number of fused-ring (bicyclic) bond motifs is 1. The lowest BCUT2D eigenvalue weighted by atomic mass is 10.0. The van der Waals surface area contributed by atoms with Crippen molar-refractivity contribution < 1.29 is 8.42 Å². The first-order valence-corrected chi connectivity index (χ1v) is 7.85. The molecule has 20 heavy (non-hydrogen) atoms. The van der Waals surface area contributed by atoms with Crippen LogP contribution in [0.4, 0.5) is 11.4 Å². The summed E-state index contributed by atoms with van der Waals surface area (Å²) >= 11 is 0. The molecule has 0 saturated carbocycles. The second kappa shape index (κ2) is 4.52. The van der Waals surface area contributed by atoms with Crippen LogP contribution in [-0.4, -0.2) is 25.2 Å². The van der Waals surface area contributed by atoms with Crippen molar-refractivity contribution in [3.63, 3.8) is 0 Å². The number of hydrogen-bond donors (Lipinski definition) is 2. The van der Waals surface area contributed by atoms with Crippen molar-refractivity contribution in [3.8, 4) is 0 Å². The van der Waals surface area contributed by atoms with Gasteiger partial charge in [0, 0.05) is 12.2 Å². The van der Waals surface area contributed by atoms with Gasteiger partial charge in [-0.2, -0.15) is 5.10 Å². The zero-order valence-corrected chi connectivity index (χ0v) is 11.9. The molecule has 0 unspecified atom stereocenters. The van der Waals surface area contributed by atoms with E-state index in [1.54, 1.807) is 19.1 Å². The number of benzene rings is 1. The summed E-state index contributed by atoms with van der Waals surface area (Å²) in [5.74, 6) is 0. The molecule has 6 nitrogen and oxygen atoms in total. The van der Waals surface area contributed by atoms with Crippen molar-refractivity contribution >= 4 is 21.4 Å². The fraction of sp³-hybridized carbons (Fsp3) is 0.308. The molecule has 1 aromatic heterocycles. The zero-order valence-electron chi connectivity index (χ0n) is 11.1. The van der Waals surface area contributed by atoms with Gasteiger partial charge < -0.3 is 5.73 Å². The van der Waals surface area contributed by atoms with Gasteiger partial charge in [0.2, 0.25) is 0 Å². The van der Waals surface area contributed by atoms with Crippen molar-refractivity contribution in [1.29, 1.82) is 0 Å². The van der Waals surface area contributed by atoms with Gasteiger partial charge in [-0.25, -0.2) is 8.42 Å². The fourth-order valence-electron chi connectivity index (χ4n) is 2.53. The smallest absolute Gasteiger partial charge is 0.267 e. The third-order valence-electron chi connectivity index (χ3n) is 3.54. The number of sulfonamides is 1. The monoisotopic (exact) mass is 292 g/mol. The molecule has 0 fully saturated rings. The van der Waals surface area contributed by atoms with Crippen LogP contribution in [0.25, 0.3) is 0 Å². The molecule has 1 aliphatic heterocycles. The standard InChI is InChI=1S/C13H16N4O2S/c1-9-13(8-15-16-9)20(18,19)17-6-2-3-10-4-5-11(14)7-12(10)17/h4-5,7-8H,2-3,6,14H2,1H3,(H,15,16). The summed E-state index contributed by atoms with van der Waals surface area (Å²) in [5.41, 5.74) is 8.59. The molecule has 0 radical (unpaired) electrons. The van der Waals surface area contributed by atoms with Crippen LogP contribution in [0.5, 0.6) is 0 Å². The lowest BCUT2D eigenvalue weighted by Gasteiger charge is -2.30. The van der Waals surface area contributed by atoms with E-state index in [-0.39, 0.29) is 4.90 Å². The number of H-pyrrole nitrogens is 1. The van der Waals surface area contributed by atoms with Crippen LogP contribution < -0.4 is 10.0 Å². The number of rotatable bonds is 2. The number of aryl methyl sites for hydroxylation is 2. The van der Waals surface area contributed by atoms with Gasteiger partial charge in [-0.05, 0) is 37.5 Å². The summed E-state index contributed by atoms with van der Waals surface area (Å²) in [5, 5.41) is 6.47. The third kappa shape index (κ3) is 1.94. The van der Waals surface area contributed by atoms with E-state index in [0.717, 1.165) is 18.4 Å². The van der Waals surface area contributed by atoms with Crippen LogP contribution in [0.15, 0.2) is 29.3 Å². The van der Waals surface area contributed by atoms with Gasteiger partial charge in [0.05, 0.1) is 17.6 Å². The summed E-state index contributed by atoms with van der Waals surface area (Å²) in [6.45, 7) is 2.16. The molecule has 1 aromatic carbocycles. The number of aromatic amines is 1. The Morgan fingerprint density at radius 2 is 2.20 bits per heavy atom. The van der Waals surface area contributed by atoms with E-state index in [1.165, 1.54) is 10.5 Å². The van der Waals surface area contributed by atoms with Crippen LogP contribution in [0.2, 0.25) is 0 Å². The van der Waals surface area contributed by atoms with Crippen molar-refractivity contribution in [2.45, 2.75) is 24.7 Å². The normalized spacial score (nSPS) is 15.2. The molecule has 7 heteroatoms. The highest BCUT2D eigenvalue weighted by molar-refractivity contribution is 7.92. The molecular weight excluding hydrogens is 276 g/mol. The van der Waals surface area contributed by atoms with Crippen LogP contribution >= 0.6 is 0 Å². The number of nitrogens with two attached hydrogens (primary N) is 1. The number of anilines is 2. The van der Waals surface area contributed by atoms with Gasteiger partial charge in [-0.15, -0.1) is 0 Å². The van der Waals surface area contributed by atoms with Gasteiger partial charge in [-0.1, -0.05) is 6.07 Å². The van der Waals surface area contributed by atoms with Crippen LogP contribution in [-0.2, 0) is 16.4 Å². The summed E-state index contributed by atoms with van der Waals surface area (Å²) in [7, 11) is -3.60. The van der Waals surface area contributed by atoms with Crippen LogP contribution in [0, 0.1) is 6.92 Å². The number of nitrogen functional groups attached to an aromatic ring is 1. The molecule has 0 saturated heterocycles. The Balaban J connectivity index is 2.13. The summed E-state index contributed by atoms with van der Waals surface area (Å²) in [4.78, 5) is 0.216. The zero-order chi connectivity index (χ0) is 14.3. The first-order valence-electron chi connectivity index (χ1n) is 6.41. The lowest BCUT2D eigenvalue weighted by molar-refractivity contribution is 0.586. The second-order valence-corrected chi connectivity index (χ2v) is 6.76. The van der Waals surface area contributed by atoms with Gasteiger partial charge in [-0.3, -0.25) is 9.40 Å². The van der Waals surface area contributed by atoms with Crippen molar-refractivity contribution in [3.05, 3.63) is 35.7 Å². The van der Waals surface area contributed by atoms with Crippen LogP contribution in [0.3, 0.4) is 0 Å². The number of nitrogens with zero attached hydrogens (tertiary/aromatic N) is 2. The predicted octanol–water partition coefficient (Wildman–Crippen LogP) is 1.44. The average molecular weight is 292 g/mol. The maximum atomic E-state index is 12.8. The van der Waals surface area contributed by atoms with Gasteiger partial charge in [0.1, 0.15) is 4.90 Å². The van der Waals surface area contributed by atoms with Crippen molar-refractivity contribution in [2.24, 2.45) is 0 Å². The lowest BCUT2D eigenvalue weighted by Crippen LogP contribution is -2.35. The first-order chi connectivity index (χ1) is 9.50. The van der Waals surface area contributed by atoms with E-state index >= 15 is 0 Å². The van der Waals surface area contributed by atoms with E-state index in [9.17, 15) is 8.42 Å². The van der Waals surface area contributed by atoms with E-state index in [4.69, 9.17) is 5.73 Å². The minimum Gasteiger partial charge on any atom is -0.399 e. The van der Waals surface area contributed by atoms with E-state index in [0.29, 0.717) is 23.6 Å². The Bertz CT molecular complexity index is 751. The number of aromatic nitrogens is 2. The molecule has 3 N–H and O–H groups in total. The minimum absolute atomic E-state index is 0.216. The highest BCUT2D eigenvalue weighted by atomic mass is 32.2. The molecule has 2 aromatic rings. The third-order valence-corrected chi connectivity index (χ3v) is 5.46. The van der Waals surface area contributed by atoms with Gasteiger partial charge >= 0.3 is 0 Å². The summed E-state index contributed by atoms with van der Waals surface area (Å²) in [6, 6.07) is 5.42. The molecule has 0 bridgehead atoms. The van der Waals surface area contributed by atoms with Crippen molar-refractivity contribution in [2.75, 3.05) is 16.6 Å². The molecule has 1 aliphatic rings. The topological polar surface area (TPSA) is 92.1 Å². The molecule has 106 valence electrons. The van der Waals surface area contributed by atoms with Gasteiger partial charge in [0.15, 0.2) is 0 Å². The fourth-order valence-corrected chi connectivity index (χ4v) is 4.18. The molecular formula is C13H16N4O2S. The molecule has 0 amide bonds. The Kier molecular flexibility index (Phi) is 2.93. The first kappa shape index (κ1) is 13.0. The maximum absolute atomic E-state index is 12.8. The highest BCUT2D eigenvalue weighted by Gasteiger charge is 2.31. The highest BCUT2D eigenvalue weighted by Crippen LogP contribution is 2.33. The quantitative estimate of drug-likeness (QED) is 0.819. The summed E-state index contributed by atoms with van der Waals surface area (Å²) in [6.07, 6.45) is 3.02. The minimum atomic E-state index is -3.60. The van der Waals surface area contributed by atoms with E-state index < -0.39 is 10.0 Å². The van der Waals surface area contributed by atoms with Crippen LogP contribution in [0.1, 0.15) is 17.7 Å². The predicted molar refractivity (Wildman–Crippen MR) is 77.0 cm³/mol. The van der Waals surface area contributed by atoms with Gasteiger partial charge in [0.25, 0.3) is 10.0 Å². The molecule has 3 rings (SSSR count). The SMILES string of the molecule is Cc1[nH]ncc1S(=O)(=O)N1CCCc2ccc(N)cc21. The Morgan fingerprint density at radius 3 is 2.90 bits per heavy atom. The maximum Gasteiger partial charge on any atom is 0.267 e. The summed E-state index contributed by atoms with van der Waals surface area (Å²) < 4.78 is 27.0.